The minimum absolute atomic E-state index is 0.0301. The lowest BCUT2D eigenvalue weighted by molar-refractivity contribution is -0.142. The van der Waals surface area contributed by atoms with Crippen molar-refractivity contribution < 1.29 is 18.7 Å². The first-order valence-electron chi connectivity index (χ1n) is 10.2. The van der Waals surface area contributed by atoms with Crippen molar-refractivity contribution in [1.29, 1.82) is 0 Å². The highest BCUT2D eigenvalue weighted by atomic mass is 19.1. The summed E-state index contributed by atoms with van der Waals surface area (Å²) >= 11 is 0. The molecule has 1 N–H and O–H groups in total. The van der Waals surface area contributed by atoms with Crippen molar-refractivity contribution in [2.75, 3.05) is 13.2 Å². The Morgan fingerprint density at radius 2 is 1.67 bits per heavy atom. The molecule has 1 atom stereocenters. The van der Waals surface area contributed by atoms with Crippen LogP contribution in [0.15, 0.2) is 48.5 Å². The van der Waals surface area contributed by atoms with Crippen LogP contribution in [0.4, 0.5) is 4.39 Å². The van der Waals surface area contributed by atoms with E-state index in [1.54, 1.807) is 19.1 Å². The first-order valence-corrected chi connectivity index (χ1v) is 10.2. The summed E-state index contributed by atoms with van der Waals surface area (Å²) in [6, 6.07) is 12.8. The van der Waals surface area contributed by atoms with Gasteiger partial charge in [0, 0.05) is 13.1 Å². The van der Waals surface area contributed by atoms with Gasteiger partial charge in [0.15, 0.2) is 6.61 Å². The molecule has 0 saturated carbocycles. The van der Waals surface area contributed by atoms with Crippen molar-refractivity contribution in [2.24, 2.45) is 0 Å². The van der Waals surface area contributed by atoms with Crippen LogP contribution in [0.3, 0.4) is 0 Å². The SMILES string of the molecule is CCNC(=O)C(C)N(Cc1ccc(F)cc1)C(=O)COc1ccc(C(C)(C)C)cc1. The molecule has 0 saturated heterocycles. The molecule has 5 nitrogen and oxygen atoms in total. The van der Waals surface area contributed by atoms with Gasteiger partial charge in [-0.05, 0) is 54.7 Å². The van der Waals surface area contributed by atoms with Crippen molar-refractivity contribution in [2.45, 2.75) is 52.6 Å². The highest BCUT2D eigenvalue weighted by Gasteiger charge is 2.26. The summed E-state index contributed by atoms with van der Waals surface area (Å²) in [7, 11) is 0. The summed E-state index contributed by atoms with van der Waals surface area (Å²) in [5.74, 6) is -0.334. The molecule has 0 fully saturated rings. The predicted octanol–water partition coefficient (Wildman–Crippen LogP) is 4.06. The van der Waals surface area contributed by atoms with E-state index >= 15 is 0 Å². The number of likely N-dealkylation sites (N-methyl/N-ethyl adjacent to an activating group) is 1. The second kappa shape index (κ2) is 10.2. The fourth-order valence-electron chi connectivity index (χ4n) is 2.97. The Labute approximate surface area is 178 Å². The highest BCUT2D eigenvalue weighted by molar-refractivity contribution is 5.87. The summed E-state index contributed by atoms with van der Waals surface area (Å²) in [6.45, 7) is 10.3. The molecule has 0 aromatic heterocycles. The molecule has 0 aliphatic rings. The van der Waals surface area contributed by atoms with Gasteiger partial charge in [-0.3, -0.25) is 9.59 Å². The highest BCUT2D eigenvalue weighted by Crippen LogP contribution is 2.24. The number of hydrogen-bond acceptors (Lipinski definition) is 3. The predicted molar refractivity (Wildman–Crippen MR) is 116 cm³/mol. The third-order valence-corrected chi connectivity index (χ3v) is 4.87. The van der Waals surface area contributed by atoms with E-state index in [0.29, 0.717) is 12.3 Å². The Balaban J connectivity index is 2.11. The molecule has 6 heteroatoms. The molecular formula is C24H31FN2O3. The van der Waals surface area contributed by atoms with Crippen LogP contribution in [0.2, 0.25) is 0 Å². The number of nitrogens with zero attached hydrogens (tertiary/aromatic N) is 1. The fraction of sp³-hybridized carbons (Fsp3) is 0.417. The standard InChI is InChI=1S/C24H31FN2O3/c1-6-26-23(29)17(2)27(15-18-7-11-20(25)12-8-18)22(28)16-30-21-13-9-19(10-14-21)24(3,4)5/h7-14,17H,6,15-16H2,1-5H3,(H,26,29). The van der Waals surface area contributed by atoms with Crippen LogP contribution in [0.1, 0.15) is 45.7 Å². The number of benzene rings is 2. The minimum atomic E-state index is -0.686. The van der Waals surface area contributed by atoms with Crippen molar-refractivity contribution >= 4 is 11.8 Å². The molecule has 0 aliphatic heterocycles. The molecular weight excluding hydrogens is 383 g/mol. The Kier molecular flexibility index (Phi) is 7.98. The maximum absolute atomic E-state index is 13.2. The van der Waals surface area contributed by atoms with Crippen LogP contribution in [-0.4, -0.2) is 35.9 Å². The minimum Gasteiger partial charge on any atom is -0.484 e. The number of halogens is 1. The molecule has 0 bridgehead atoms. The first kappa shape index (κ1) is 23.4. The maximum Gasteiger partial charge on any atom is 0.261 e. The van der Waals surface area contributed by atoms with Gasteiger partial charge in [0.05, 0.1) is 0 Å². The van der Waals surface area contributed by atoms with E-state index in [-0.39, 0.29) is 36.2 Å². The van der Waals surface area contributed by atoms with E-state index < -0.39 is 6.04 Å². The van der Waals surface area contributed by atoms with Crippen LogP contribution >= 0.6 is 0 Å². The van der Waals surface area contributed by atoms with Gasteiger partial charge in [0.1, 0.15) is 17.6 Å². The van der Waals surface area contributed by atoms with E-state index in [1.807, 2.05) is 31.2 Å². The van der Waals surface area contributed by atoms with E-state index in [4.69, 9.17) is 4.74 Å². The summed E-state index contributed by atoms with van der Waals surface area (Å²) in [4.78, 5) is 26.7. The molecule has 162 valence electrons. The summed E-state index contributed by atoms with van der Waals surface area (Å²) < 4.78 is 18.9. The van der Waals surface area contributed by atoms with Gasteiger partial charge in [-0.2, -0.15) is 0 Å². The second-order valence-electron chi connectivity index (χ2n) is 8.28. The number of rotatable bonds is 8. The molecule has 0 spiro atoms. The molecule has 2 aromatic rings. The molecule has 2 rings (SSSR count). The topological polar surface area (TPSA) is 58.6 Å². The van der Waals surface area contributed by atoms with Crippen LogP contribution < -0.4 is 10.1 Å². The molecule has 30 heavy (non-hydrogen) atoms. The van der Waals surface area contributed by atoms with Crippen LogP contribution in [0, 0.1) is 5.82 Å². The van der Waals surface area contributed by atoms with Gasteiger partial charge >= 0.3 is 0 Å². The second-order valence-corrected chi connectivity index (χ2v) is 8.28. The molecule has 1 unspecified atom stereocenters. The first-order chi connectivity index (χ1) is 14.1. The third kappa shape index (κ3) is 6.58. The smallest absolute Gasteiger partial charge is 0.261 e. The van der Waals surface area contributed by atoms with E-state index in [9.17, 15) is 14.0 Å². The van der Waals surface area contributed by atoms with Crippen molar-refractivity contribution in [1.82, 2.24) is 10.2 Å². The largest absolute Gasteiger partial charge is 0.484 e. The Hall–Kier alpha value is -2.89. The zero-order valence-electron chi connectivity index (χ0n) is 18.4. The van der Waals surface area contributed by atoms with Crippen molar-refractivity contribution in [3.8, 4) is 5.75 Å². The van der Waals surface area contributed by atoms with E-state index in [0.717, 1.165) is 5.56 Å². The van der Waals surface area contributed by atoms with Crippen LogP contribution in [0.25, 0.3) is 0 Å². The van der Waals surface area contributed by atoms with Crippen molar-refractivity contribution in [3.63, 3.8) is 0 Å². The lowest BCUT2D eigenvalue weighted by Gasteiger charge is -2.28. The number of carbonyl (C=O) groups is 2. The fourth-order valence-corrected chi connectivity index (χ4v) is 2.97. The lowest BCUT2D eigenvalue weighted by Crippen LogP contribution is -2.49. The zero-order chi connectivity index (χ0) is 22.3. The van der Waals surface area contributed by atoms with Gasteiger partial charge in [0.25, 0.3) is 5.91 Å². The van der Waals surface area contributed by atoms with Gasteiger partial charge in [-0.25, -0.2) is 4.39 Å². The number of nitrogens with one attached hydrogen (secondary N) is 1. The molecule has 0 radical (unpaired) electrons. The monoisotopic (exact) mass is 414 g/mol. The van der Waals surface area contributed by atoms with Crippen LogP contribution in [-0.2, 0) is 21.5 Å². The molecule has 0 heterocycles. The Morgan fingerprint density at radius 3 is 2.20 bits per heavy atom. The van der Waals surface area contributed by atoms with Gasteiger partial charge in [-0.15, -0.1) is 0 Å². The maximum atomic E-state index is 13.2. The summed E-state index contributed by atoms with van der Waals surface area (Å²) in [5.41, 5.74) is 1.93. The summed E-state index contributed by atoms with van der Waals surface area (Å²) in [5, 5.41) is 2.74. The lowest BCUT2D eigenvalue weighted by atomic mass is 9.87. The van der Waals surface area contributed by atoms with E-state index in [2.05, 4.69) is 26.1 Å². The number of hydrogen-bond donors (Lipinski definition) is 1. The van der Waals surface area contributed by atoms with Crippen molar-refractivity contribution in [3.05, 3.63) is 65.5 Å². The molecule has 0 aliphatic carbocycles. The number of carbonyl (C=O) groups excluding carboxylic acids is 2. The van der Waals surface area contributed by atoms with Crippen LogP contribution in [0.5, 0.6) is 5.75 Å². The Morgan fingerprint density at radius 1 is 1.07 bits per heavy atom. The Bertz CT molecular complexity index is 842. The molecule has 2 aromatic carbocycles. The zero-order valence-corrected chi connectivity index (χ0v) is 18.4. The number of ether oxygens (including phenoxy) is 1. The quantitative estimate of drug-likeness (QED) is 0.709. The van der Waals surface area contributed by atoms with Gasteiger partial charge < -0.3 is 15.0 Å². The molecule has 2 amide bonds. The third-order valence-electron chi connectivity index (χ3n) is 4.87. The van der Waals surface area contributed by atoms with Gasteiger partial charge in [-0.1, -0.05) is 45.0 Å². The number of amides is 2. The summed E-state index contributed by atoms with van der Waals surface area (Å²) in [6.07, 6.45) is 0. The average Bonchev–Trinajstić information content (AvgIpc) is 2.71. The normalized spacial score (nSPS) is 12.2. The van der Waals surface area contributed by atoms with E-state index in [1.165, 1.54) is 22.6 Å². The average molecular weight is 415 g/mol. The van der Waals surface area contributed by atoms with Gasteiger partial charge in [0.2, 0.25) is 5.91 Å².